The zero-order valence-corrected chi connectivity index (χ0v) is 13.6. The Kier molecular flexibility index (Phi) is 3.54. The highest BCUT2D eigenvalue weighted by molar-refractivity contribution is 5.63. The summed E-state index contributed by atoms with van der Waals surface area (Å²) in [6.45, 7) is 3.47. The zero-order chi connectivity index (χ0) is 16.9. The number of aliphatic hydroxyl groups excluding tert-OH is 1. The summed E-state index contributed by atoms with van der Waals surface area (Å²) >= 11 is 0. The Morgan fingerprint density at radius 1 is 1.33 bits per heavy atom. The van der Waals surface area contributed by atoms with Crippen molar-refractivity contribution < 1.29 is 24.5 Å². The van der Waals surface area contributed by atoms with Crippen molar-refractivity contribution in [2.24, 2.45) is 0 Å². The summed E-state index contributed by atoms with van der Waals surface area (Å²) in [7, 11) is 0. The number of benzene rings is 1. The number of rotatable bonds is 0. The van der Waals surface area contributed by atoms with E-state index in [0.717, 1.165) is 44.4 Å². The van der Waals surface area contributed by atoms with Gasteiger partial charge < -0.3 is 19.7 Å². The molecule has 1 fully saturated rings. The minimum Gasteiger partial charge on any atom is -0.481 e. The second-order valence-corrected chi connectivity index (χ2v) is 6.82. The molecule has 4 atom stereocenters. The van der Waals surface area contributed by atoms with Crippen molar-refractivity contribution in [3.8, 4) is 11.5 Å². The Balaban J connectivity index is 0.000000332. The number of fused-ring (bicyclic) bond motifs is 2. The van der Waals surface area contributed by atoms with Crippen molar-refractivity contribution in [3.05, 3.63) is 35.4 Å². The Morgan fingerprint density at radius 3 is 2.79 bits per heavy atom. The number of aliphatic hydroxyl groups is 1. The number of nitrogens with zero attached hydrogens (tertiary/aromatic N) is 1. The standard InChI is InChI=1S/C16H17NO3.C2H4O2/c18-11-1-2-16-3-4-17(15(16)6-11)8-10-5-13-14(7-12(10)16)20-9-19-13;1-2(3)4/h1-2,5,7,11,15,18H,3-4,6,8-9H2;1H3,(H,3,4)/t11-,15+,16+;/m1./s1. The lowest BCUT2D eigenvalue weighted by Gasteiger charge is -2.45. The van der Waals surface area contributed by atoms with Gasteiger partial charge in [-0.1, -0.05) is 12.2 Å². The summed E-state index contributed by atoms with van der Waals surface area (Å²) < 4.78 is 11.1. The van der Waals surface area contributed by atoms with Crippen LogP contribution in [-0.4, -0.2) is 46.6 Å². The van der Waals surface area contributed by atoms with Crippen LogP contribution in [0.15, 0.2) is 24.3 Å². The SMILES string of the molecule is CC(=O)O.O[C@@H]1C=C[C@]23CCN(Cc4cc5c(cc42)OCO5)[C@H]3C1. The van der Waals surface area contributed by atoms with Gasteiger partial charge >= 0.3 is 0 Å². The molecule has 1 unspecified atom stereocenters. The van der Waals surface area contributed by atoms with Crippen LogP contribution in [0.25, 0.3) is 0 Å². The third-order valence-electron chi connectivity index (χ3n) is 5.40. The van der Waals surface area contributed by atoms with E-state index in [0.29, 0.717) is 12.8 Å². The normalized spacial score (nSPS) is 34.0. The fourth-order valence-corrected chi connectivity index (χ4v) is 4.48. The maximum Gasteiger partial charge on any atom is 0.300 e. The summed E-state index contributed by atoms with van der Waals surface area (Å²) in [4.78, 5) is 11.5. The van der Waals surface area contributed by atoms with Crippen LogP contribution in [0.2, 0.25) is 0 Å². The van der Waals surface area contributed by atoms with Gasteiger partial charge in [0.1, 0.15) is 0 Å². The predicted molar refractivity (Wildman–Crippen MR) is 86.1 cm³/mol. The van der Waals surface area contributed by atoms with Crippen LogP contribution < -0.4 is 9.47 Å². The predicted octanol–water partition coefficient (Wildman–Crippen LogP) is 1.65. The number of ether oxygens (including phenoxy) is 2. The third kappa shape index (κ3) is 2.29. The molecular weight excluding hydrogens is 310 g/mol. The first kappa shape index (κ1) is 15.5. The van der Waals surface area contributed by atoms with Gasteiger partial charge in [-0.25, -0.2) is 0 Å². The smallest absolute Gasteiger partial charge is 0.300 e. The van der Waals surface area contributed by atoms with E-state index < -0.39 is 5.97 Å². The molecule has 2 N–H and O–H groups in total. The van der Waals surface area contributed by atoms with E-state index in [1.165, 1.54) is 11.1 Å². The fraction of sp³-hybridized carbons (Fsp3) is 0.500. The summed E-state index contributed by atoms with van der Waals surface area (Å²) in [5.74, 6) is 0.913. The maximum absolute atomic E-state index is 9.95. The van der Waals surface area contributed by atoms with Crippen LogP contribution in [0.5, 0.6) is 11.5 Å². The van der Waals surface area contributed by atoms with Crippen LogP contribution in [0.4, 0.5) is 0 Å². The molecule has 1 aromatic carbocycles. The average Bonchev–Trinajstić information content (AvgIpc) is 3.07. The van der Waals surface area contributed by atoms with E-state index >= 15 is 0 Å². The fourth-order valence-electron chi connectivity index (χ4n) is 4.48. The Morgan fingerprint density at radius 2 is 2.04 bits per heavy atom. The molecule has 5 rings (SSSR count). The first-order chi connectivity index (χ1) is 11.5. The molecule has 1 saturated heterocycles. The number of aliphatic carboxylic acids is 1. The summed E-state index contributed by atoms with van der Waals surface area (Å²) in [6.07, 6.45) is 5.88. The number of hydrogen-bond donors (Lipinski definition) is 2. The molecule has 1 aliphatic carbocycles. The van der Waals surface area contributed by atoms with E-state index in [2.05, 4.69) is 23.1 Å². The van der Waals surface area contributed by atoms with Crippen LogP contribution in [0.3, 0.4) is 0 Å². The summed E-state index contributed by atoms with van der Waals surface area (Å²) in [6, 6.07) is 4.75. The largest absolute Gasteiger partial charge is 0.481 e. The van der Waals surface area contributed by atoms with Gasteiger partial charge in [0.2, 0.25) is 6.79 Å². The highest BCUT2D eigenvalue weighted by atomic mass is 16.7. The molecular formula is C18H21NO5. The number of hydrogen-bond acceptors (Lipinski definition) is 5. The number of carboxylic acids is 1. The Hall–Kier alpha value is -2.05. The van der Waals surface area contributed by atoms with Gasteiger partial charge in [-0.05, 0) is 36.1 Å². The minimum atomic E-state index is -0.833. The van der Waals surface area contributed by atoms with Gasteiger partial charge in [0.25, 0.3) is 5.97 Å². The van der Waals surface area contributed by atoms with Crippen molar-refractivity contribution in [1.29, 1.82) is 0 Å². The van der Waals surface area contributed by atoms with Gasteiger partial charge in [0, 0.05) is 31.5 Å². The molecule has 0 spiro atoms. The van der Waals surface area contributed by atoms with Crippen molar-refractivity contribution >= 4 is 5.97 Å². The van der Waals surface area contributed by atoms with Crippen molar-refractivity contribution in [3.63, 3.8) is 0 Å². The van der Waals surface area contributed by atoms with Crippen LogP contribution in [0, 0.1) is 0 Å². The van der Waals surface area contributed by atoms with Gasteiger partial charge in [-0.3, -0.25) is 9.69 Å². The molecule has 0 amide bonds. The second-order valence-electron chi connectivity index (χ2n) is 6.82. The second kappa shape index (κ2) is 5.50. The van der Waals surface area contributed by atoms with Gasteiger partial charge in [-0.2, -0.15) is 0 Å². The maximum atomic E-state index is 9.95. The van der Waals surface area contributed by atoms with Crippen molar-refractivity contribution in [1.82, 2.24) is 4.90 Å². The molecule has 3 aliphatic heterocycles. The molecule has 1 aromatic rings. The molecule has 0 saturated carbocycles. The highest BCUT2D eigenvalue weighted by Crippen LogP contribution is 2.53. The lowest BCUT2D eigenvalue weighted by atomic mass is 9.66. The van der Waals surface area contributed by atoms with Crippen molar-refractivity contribution in [2.75, 3.05) is 13.3 Å². The van der Waals surface area contributed by atoms with Crippen LogP contribution >= 0.6 is 0 Å². The van der Waals surface area contributed by atoms with Crippen LogP contribution in [0.1, 0.15) is 30.9 Å². The average molecular weight is 331 g/mol. The number of carbonyl (C=O) groups is 1. The molecule has 0 radical (unpaired) electrons. The van der Waals surface area contributed by atoms with E-state index in [1.54, 1.807) is 0 Å². The Bertz CT molecular complexity index is 712. The third-order valence-corrected chi connectivity index (χ3v) is 5.40. The lowest BCUT2D eigenvalue weighted by Crippen LogP contribution is -2.49. The lowest BCUT2D eigenvalue weighted by molar-refractivity contribution is -0.134. The van der Waals surface area contributed by atoms with E-state index in [-0.39, 0.29) is 11.5 Å². The Labute approximate surface area is 140 Å². The number of carboxylic acid groups (broad SMARTS) is 1. The van der Waals surface area contributed by atoms with Gasteiger partial charge in [-0.15, -0.1) is 0 Å². The summed E-state index contributed by atoms with van der Waals surface area (Å²) in [5, 5.41) is 17.4. The van der Waals surface area contributed by atoms with Crippen LogP contribution in [-0.2, 0) is 16.8 Å². The molecule has 24 heavy (non-hydrogen) atoms. The first-order valence-corrected chi connectivity index (χ1v) is 8.23. The molecule has 6 heteroatoms. The molecule has 3 heterocycles. The monoisotopic (exact) mass is 331 g/mol. The summed E-state index contributed by atoms with van der Waals surface area (Å²) in [5.41, 5.74) is 2.79. The highest BCUT2D eigenvalue weighted by Gasteiger charge is 2.53. The quantitative estimate of drug-likeness (QED) is 0.704. The van der Waals surface area contributed by atoms with Gasteiger partial charge in [0.05, 0.1) is 6.10 Å². The molecule has 0 aromatic heterocycles. The molecule has 2 bridgehead atoms. The van der Waals surface area contributed by atoms with E-state index in [1.807, 2.05) is 6.08 Å². The van der Waals surface area contributed by atoms with E-state index in [4.69, 9.17) is 19.4 Å². The van der Waals surface area contributed by atoms with Crippen molar-refractivity contribution in [2.45, 2.75) is 43.9 Å². The molecule has 6 nitrogen and oxygen atoms in total. The first-order valence-electron chi connectivity index (χ1n) is 8.23. The minimum absolute atomic E-state index is 0.0633. The topological polar surface area (TPSA) is 79.2 Å². The molecule has 4 aliphatic rings. The molecule has 128 valence electrons. The van der Waals surface area contributed by atoms with Gasteiger partial charge in [0.15, 0.2) is 11.5 Å². The zero-order valence-electron chi connectivity index (χ0n) is 13.6. The van der Waals surface area contributed by atoms with E-state index in [9.17, 15) is 5.11 Å².